The van der Waals surface area contributed by atoms with Crippen molar-refractivity contribution >= 4 is 21.9 Å². The Morgan fingerprint density at radius 1 is 1.43 bits per heavy atom. The summed E-state index contributed by atoms with van der Waals surface area (Å²) >= 11 is 3.08. The second-order valence-electron chi connectivity index (χ2n) is 2.77. The normalized spacial score (nSPS) is 12.1. The number of hydrogen-bond donors (Lipinski definition) is 1. The molecule has 1 aromatic rings. The van der Waals surface area contributed by atoms with Crippen molar-refractivity contribution in [2.45, 2.75) is 6.10 Å². The van der Waals surface area contributed by atoms with Crippen LogP contribution in [0.25, 0.3) is 0 Å². The van der Waals surface area contributed by atoms with Gasteiger partial charge in [-0.05, 0) is 12.1 Å². The number of hydrogen-bond acceptors (Lipinski definition) is 3. The Hall–Kier alpha value is -0.870. The second-order valence-corrected chi connectivity index (χ2v) is 3.42. The summed E-state index contributed by atoms with van der Waals surface area (Å²) in [5, 5.41) is 9.53. The maximum atomic E-state index is 11.3. The van der Waals surface area contributed by atoms with Crippen LogP contribution in [0.2, 0.25) is 0 Å². The lowest BCUT2D eigenvalue weighted by molar-refractivity contribution is 0.0307. The van der Waals surface area contributed by atoms with E-state index >= 15 is 0 Å². The lowest BCUT2D eigenvalue weighted by Gasteiger charge is -2.07. The molecule has 0 bridgehead atoms. The van der Waals surface area contributed by atoms with Gasteiger partial charge >= 0.3 is 5.97 Å². The predicted octanol–water partition coefficient (Wildman–Crippen LogP) is 1.60. The van der Waals surface area contributed by atoms with Gasteiger partial charge in [-0.1, -0.05) is 34.1 Å². The summed E-state index contributed by atoms with van der Waals surface area (Å²) in [6.45, 7) is 0.0129. The molecule has 0 aromatic heterocycles. The molecule has 3 nitrogen and oxygen atoms in total. The topological polar surface area (TPSA) is 46.5 Å². The second kappa shape index (κ2) is 5.78. The fourth-order valence-corrected chi connectivity index (χ4v) is 1.06. The highest BCUT2D eigenvalue weighted by Gasteiger charge is 2.08. The lowest BCUT2D eigenvalue weighted by atomic mass is 10.2. The molecule has 1 aromatic carbocycles. The molecule has 1 N–H and O–H groups in total. The average Bonchev–Trinajstić information content (AvgIpc) is 2.26. The first-order valence-corrected chi connectivity index (χ1v) is 5.32. The van der Waals surface area contributed by atoms with Crippen molar-refractivity contribution in [1.82, 2.24) is 0 Å². The number of alkyl halides is 1. The minimum absolute atomic E-state index is 0.0129. The maximum absolute atomic E-state index is 11.3. The molecular weight excluding hydrogens is 248 g/mol. The third-order valence-corrected chi connectivity index (χ3v) is 2.34. The quantitative estimate of drug-likeness (QED) is 0.660. The van der Waals surface area contributed by atoms with Crippen LogP contribution < -0.4 is 0 Å². The summed E-state index contributed by atoms with van der Waals surface area (Å²) in [5.41, 5.74) is 0.495. The monoisotopic (exact) mass is 258 g/mol. The van der Waals surface area contributed by atoms with Crippen LogP contribution in [0, 0.1) is 0 Å². The highest BCUT2D eigenvalue weighted by Crippen LogP contribution is 2.02. The van der Waals surface area contributed by atoms with Crippen LogP contribution in [0.3, 0.4) is 0 Å². The summed E-state index contributed by atoms with van der Waals surface area (Å²) in [5.74, 6) is -0.411. The molecule has 1 atom stereocenters. The van der Waals surface area contributed by atoms with Crippen molar-refractivity contribution in [3.8, 4) is 0 Å². The van der Waals surface area contributed by atoms with Gasteiger partial charge in [0.15, 0.2) is 0 Å². The van der Waals surface area contributed by atoms with Crippen LogP contribution in [0.5, 0.6) is 0 Å². The zero-order valence-electron chi connectivity index (χ0n) is 7.52. The number of esters is 1. The molecule has 0 amide bonds. The van der Waals surface area contributed by atoms with Gasteiger partial charge in [-0.15, -0.1) is 0 Å². The third kappa shape index (κ3) is 3.47. The molecule has 14 heavy (non-hydrogen) atoms. The molecule has 1 rings (SSSR count). The standard InChI is InChI=1S/C10H11BrO3/c11-6-9(12)7-14-10(13)8-4-2-1-3-5-8/h1-5,9,12H,6-7H2/t9-/m1/s1. The van der Waals surface area contributed by atoms with Crippen molar-refractivity contribution < 1.29 is 14.6 Å². The van der Waals surface area contributed by atoms with Gasteiger partial charge in [-0.25, -0.2) is 4.79 Å². The van der Waals surface area contributed by atoms with Gasteiger partial charge in [0.25, 0.3) is 0 Å². The molecule has 76 valence electrons. The van der Waals surface area contributed by atoms with E-state index in [0.29, 0.717) is 10.9 Å². The van der Waals surface area contributed by atoms with Gasteiger partial charge in [0.2, 0.25) is 0 Å². The van der Waals surface area contributed by atoms with Gasteiger partial charge in [0.05, 0.1) is 11.7 Å². The highest BCUT2D eigenvalue weighted by molar-refractivity contribution is 9.09. The van der Waals surface area contributed by atoms with Gasteiger partial charge < -0.3 is 9.84 Å². The summed E-state index contributed by atoms with van der Waals surface area (Å²) in [4.78, 5) is 11.3. The number of aliphatic hydroxyl groups is 1. The summed E-state index contributed by atoms with van der Waals surface area (Å²) in [6.07, 6.45) is -0.650. The first-order valence-electron chi connectivity index (χ1n) is 4.20. The van der Waals surface area contributed by atoms with Gasteiger partial charge in [-0.2, -0.15) is 0 Å². The first-order chi connectivity index (χ1) is 6.74. The predicted molar refractivity (Wildman–Crippen MR) is 56.5 cm³/mol. The van der Waals surface area contributed by atoms with E-state index in [1.54, 1.807) is 24.3 Å². The molecule has 0 fully saturated rings. The average molecular weight is 259 g/mol. The molecule has 4 heteroatoms. The molecular formula is C10H11BrO3. The smallest absolute Gasteiger partial charge is 0.338 e. The minimum atomic E-state index is -0.650. The highest BCUT2D eigenvalue weighted by atomic mass is 79.9. The van der Waals surface area contributed by atoms with Crippen molar-refractivity contribution in [2.24, 2.45) is 0 Å². The van der Waals surface area contributed by atoms with Gasteiger partial charge in [-0.3, -0.25) is 0 Å². The van der Waals surface area contributed by atoms with Crippen LogP contribution in [-0.2, 0) is 4.74 Å². The van der Waals surface area contributed by atoms with Crippen LogP contribution in [0.1, 0.15) is 10.4 Å². The van der Waals surface area contributed by atoms with Crippen LogP contribution >= 0.6 is 15.9 Å². The first kappa shape index (κ1) is 11.2. The zero-order valence-corrected chi connectivity index (χ0v) is 9.11. The Morgan fingerprint density at radius 2 is 2.07 bits per heavy atom. The van der Waals surface area contributed by atoms with E-state index in [0.717, 1.165) is 0 Å². The van der Waals surface area contributed by atoms with E-state index in [1.165, 1.54) is 0 Å². The van der Waals surface area contributed by atoms with E-state index in [4.69, 9.17) is 9.84 Å². The molecule has 0 spiro atoms. The van der Waals surface area contributed by atoms with Crippen LogP contribution in [0.4, 0.5) is 0 Å². The van der Waals surface area contributed by atoms with E-state index in [1.807, 2.05) is 6.07 Å². The van der Waals surface area contributed by atoms with E-state index in [2.05, 4.69) is 15.9 Å². The van der Waals surface area contributed by atoms with Gasteiger partial charge in [0.1, 0.15) is 6.61 Å². The molecule has 0 saturated carbocycles. The molecule has 0 unspecified atom stereocenters. The largest absolute Gasteiger partial charge is 0.459 e. The Kier molecular flexibility index (Phi) is 4.62. The fraction of sp³-hybridized carbons (Fsp3) is 0.300. The third-order valence-electron chi connectivity index (χ3n) is 1.59. The Balaban J connectivity index is 2.44. The van der Waals surface area contributed by atoms with Gasteiger partial charge in [0, 0.05) is 5.33 Å². The zero-order chi connectivity index (χ0) is 10.4. The minimum Gasteiger partial charge on any atom is -0.459 e. The number of aliphatic hydroxyl groups excluding tert-OH is 1. The van der Waals surface area contributed by atoms with Crippen LogP contribution in [0.15, 0.2) is 30.3 Å². The fourth-order valence-electron chi connectivity index (χ4n) is 0.874. The number of rotatable bonds is 4. The number of carbonyl (C=O) groups is 1. The lowest BCUT2D eigenvalue weighted by Crippen LogP contribution is -2.19. The summed E-state index contributed by atoms with van der Waals surface area (Å²) in [6, 6.07) is 8.69. The number of ether oxygens (including phenoxy) is 1. The summed E-state index contributed by atoms with van der Waals surface area (Å²) < 4.78 is 4.86. The molecule has 0 aliphatic heterocycles. The van der Waals surface area contributed by atoms with Crippen molar-refractivity contribution in [3.63, 3.8) is 0 Å². The number of halogens is 1. The Morgan fingerprint density at radius 3 is 2.64 bits per heavy atom. The maximum Gasteiger partial charge on any atom is 0.338 e. The summed E-state index contributed by atoms with van der Waals surface area (Å²) in [7, 11) is 0. The molecule has 0 heterocycles. The number of carbonyl (C=O) groups excluding carboxylic acids is 1. The van der Waals surface area contributed by atoms with E-state index in [9.17, 15) is 4.79 Å². The van der Waals surface area contributed by atoms with Crippen molar-refractivity contribution in [2.75, 3.05) is 11.9 Å². The Labute approximate surface area is 90.8 Å². The Bertz CT molecular complexity index is 287. The number of benzene rings is 1. The molecule has 0 radical (unpaired) electrons. The van der Waals surface area contributed by atoms with Crippen molar-refractivity contribution in [3.05, 3.63) is 35.9 Å². The molecule has 0 aliphatic rings. The van der Waals surface area contributed by atoms with Crippen molar-refractivity contribution in [1.29, 1.82) is 0 Å². The SMILES string of the molecule is O=C(OC[C@H](O)CBr)c1ccccc1. The van der Waals surface area contributed by atoms with E-state index in [-0.39, 0.29) is 6.61 Å². The van der Waals surface area contributed by atoms with E-state index < -0.39 is 12.1 Å². The molecule has 0 saturated heterocycles. The van der Waals surface area contributed by atoms with Crippen LogP contribution in [-0.4, -0.2) is 29.1 Å². The molecule has 0 aliphatic carbocycles.